The van der Waals surface area contributed by atoms with Crippen LogP contribution in [0.2, 0.25) is 0 Å². The molecule has 0 radical (unpaired) electrons. The second kappa shape index (κ2) is 13.7. The summed E-state index contributed by atoms with van der Waals surface area (Å²) in [5, 5.41) is 35.4. The van der Waals surface area contributed by atoms with Gasteiger partial charge in [-0.1, -0.05) is 78.9 Å². The van der Waals surface area contributed by atoms with Gasteiger partial charge in [-0.3, -0.25) is 0 Å². The molecule has 0 aliphatic rings. The Hall–Kier alpha value is -5.36. The van der Waals surface area contributed by atoms with Crippen molar-refractivity contribution in [2.24, 2.45) is 0 Å². The quantitative estimate of drug-likeness (QED) is 0.205. The highest BCUT2D eigenvalue weighted by Crippen LogP contribution is 2.28. The summed E-state index contributed by atoms with van der Waals surface area (Å²) >= 11 is 0. The lowest BCUT2D eigenvalue weighted by Gasteiger charge is -2.06. The molecule has 38 heavy (non-hydrogen) atoms. The van der Waals surface area contributed by atoms with Crippen molar-refractivity contribution < 1.29 is 30.0 Å². The minimum Gasteiger partial charge on any atom is -0.508 e. The zero-order chi connectivity index (χ0) is 27.3. The predicted molar refractivity (Wildman–Crippen MR) is 147 cm³/mol. The highest BCUT2D eigenvalue weighted by molar-refractivity contribution is 5.87. The molecule has 0 bridgehead atoms. The van der Waals surface area contributed by atoms with Gasteiger partial charge in [-0.25, -0.2) is 9.59 Å². The number of phenols is 2. The summed E-state index contributed by atoms with van der Waals surface area (Å²) in [6.45, 7) is 0. The number of carboxylic acid groups (broad SMARTS) is 2. The molecule has 0 aliphatic carbocycles. The van der Waals surface area contributed by atoms with Crippen molar-refractivity contribution in [3.63, 3.8) is 0 Å². The van der Waals surface area contributed by atoms with Crippen LogP contribution in [0.4, 0.5) is 0 Å². The lowest BCUT2D eigenvalue weighted by molar-refractivity contribution is 0.0686. The Labute approximate surface area is 220 Å². The van der Waals surface area contributed by atoms with E-state index in [1.165, 1.54) is 0 Å². The fraction of sp³-hybridized carbons (Fsp3) is 0. The van der Waals surface area contributed by atoms with Crippen molar-refractivity contribution in [3.05, 3.63) is 145 Å². The van der Waals surface area contributed by atoms with E-state index < -0.39 is 11.9 Å². The van der Waals surface area contributed by atoms with Crippen molar-refractivity contribution in [2.45, 2.75) is 0 Å². The summed E-state index contributed by atoms with van der Waals surface area (Å²) in [6.07, 6.45) is 0. The summed E-state index contributed by atoms with van der Waals surface area (Å²) < 4.78 is 0. The zero-order valence-corrected chi connectivity index (χ0v) is 20.3. The fourth-order valence-electron chi connectivity index (χ4n) is 3.35. The Morgan fingerprint density at radius 2 is 0.737 bits per heavy atom. The van der Waals surface area contributed by atoms with Gasteiger partial charge >= 0.3 is 11.9 Å². The van der Waals surface area contributed by atoms with Crippen LogP contribution in [-0.2, 0) is 0 Å². The molecule has 0 spiro atoms. The number of aromatic hydroxyl groups is 2. The molecule has 0 fully saturated rings. The number of rotatable bonds is 4. The van der Waals surface area contributed by atoms with Crippen LogP contribution in [0.25, 0.3) is 22.3 Å². The molecule has 5 aromatic carbocycles. The Kier molecular flexibility index (Phi) is 9.79. The average molecular weight is 507 g/mol. The van der Waals surface area contributed by atoms with Gasteiger partial charge in [0.15, 0.2) is 0 Å². The van der Waals surface area contributed by atoms with E-state index in [-0.39, 0.29) is 11.5 Å². The van der Waals surface area contributed by atoms with E-state index in [9.17, 15) is 19.8 Å². The van der Waals surface area contributed by atoms with Gasteiger partial charge in [0, 0.05) is 0 Å². The van der Waals surface area contributed by atoms with Gasteiger partial charge in [0.2, 0.25) is 0 Å². The first-order valence-corrected chi connectivity index (χ1v) is 11.6. The van der Waals surface area contributed by atoms with Crippen LogP contribution in [0.15, 0.2) is 133 Å². The third-order valence-electron chi connectivity index (χ3n) is 5.31. The summed E-state index contributed by atoms with van der Waals surface area (Å²) in [4.78, 5) is 20.4. The van der Waals surface area contributed by atoms with Crippen LogP contribution in [-0.4, -0.2) is 32.4 Å². The second-order valence-corrected chi connectivity index (χ2v) is 8.02. The minimum atomic E-state index is -0.879. The van der Waals surface area contributed by atoms with Crippen molar-refractivity contribution in [3.8, 4) is 33.8 Å². The maximum absolute atomic E-state index is 10.2. The molecule has 0 unspecified atom stereocenters. The molecule has 0 aromatic heterocycles. The second-order valence-electron chi connectivity index (χ2n) is 8.02. The van der Waals surface area contributed by atoms with E-state index in [1.807, 2.05) is 42.5 Å². The molecule has 0 amide bonds. The molecule has 0 saturated carbocycles. The molecular weight excluding hydrogens is 480 g/mol. The molecule has 0 heterocycles. The number of carbonyl (C=O) groups is 2. The van der Waals surface area contributed by atoms with Crippen LogP contribution in [0.1, 0.15) is 20.7 Å². The van der Waals surface area contributed by atoms with Crippen molar-refractivity contribution >= 4 is 11.9 Å². The lowest BCUT2D eigenvalue weighted by atomic mass is 9.99. The normalized spacial score (nSPS) is 9.68. The van der Waals surface area contributed by atoms with E-state index in [0.29, 0.717) is 11.1 Å². The molecule has 0 saturated heterocycles. The Morgan fingerprint density at radius 3 is 1.03 bits per heavy atom. The number of hydrogen-bond donors (Lipinski definition) is 4. The number of hydrogen-bond acceptors (Lipinski definition) is 4. The molecule has 0 atom stereocenters. The maximum Gasteiger partial charge on any atom is 0.335 e. The number of phenolic OH excluding ortho intramolecular Hbond substituents is 2. The smallest absolute Gasteiger partial charge is 0.335 e. The Balaban J connectivity index is 0.000000184. The molecular formula is C32H26O6. The van der Waals surface area contributed by atoms with Gasteiger partial charge < -0.3 is 20.4 Å². The van der Waals surface area contributed by atoms with Gasteiger partial charge in [-0.2, -0.15) is 0 Å². The predicted octanol–water partition coefficient (Wildman–Crippen LogP) is 7.20. The number of aromatic carboxylic acids is 2. The van der Waals surface area contributed by atoms with Crippen molar-refractivity contribution in [1.82, 2.24) is 0 Å². The van der Waals surface area contributed by atoms with Crippen LogP contribution in [0.5, 0.6) is 11.5 Å². The molecule has 5 rings (SSSR count). The molecule has 0 aliphatic heterocycles. The first-order chi connectivity index (χ1) is 18.3. The van der Waals surface area contributed by atoms with Crippen LogP contribution in [0, 0.1) is 0 Å². The molecule has 4 N–H and O–H groups in total. The molecule has 6 heteroatoms. The maximum atomic E-state index is 10.2. The SMILES string of the molecule is O=C(O)c1ccccc1.O=C(O)c1ccccc1.Oc1ccc(-c2cccc(-c3ccc(O)cc3)c2)cc1. The Bertz CT molecular complexity index is 1340. The first kappa shape index (κ1) is 27.2. The van der Waals surface area contributed by atoms with Crippen LogP contribution < -0.4 is 0 Å². The number of carboxylic acids is 2. The van der Waals surface area contributed by atoms with Crippen molar-refractivity contribution in [2.75, 3.05) is 0 Å². The summed E-state index contributed by atoms with van der Waals surface area (Å²) in [5.41, 5.74) is 4.97. The van der Waals surface area contributed by atoms with Gasteiger partial charge in [0.05, 0.1) is 11.1 Å². The first-order valence-electron chi connectivity index (χ1n) is 11.6. The van der Waals surface area contributed by atoms with Gasteiger partial charge in [0.25, 0.3) is 0 Å². The lowest BCUT2D eigenvalue weighted by Crippen LogP contribution is -1.93. The third-order valence-corrected chi connectivity index (χ3v) is 5.31. The fourth-order valence-corrected chi connectivity index (χ4v) is 3.35. The summed E-state index contributed by atoms with van der Waals surface area (Å²) in [6, 6.07) is 39.1. The molecule has 5 aromatic rings. The largest absolute Gasteiger partial charge is 0.508 e. The monoisotopic (exact) mass is 506 g/mol. The topological polar surface area (TPSA) is 115 Å². The standard InChI is InChI=1S/C18H14O2.2C7H6O2/c19-17-8-4-13(5-9-17)15-2-1-3-16(12-15)14-6-10-18(20)11-7-14;2*8-7(9)6-4-2-1-3-5-6/h1-12,19-20H;2*1-5H,(H,8,9). The van der Waals surface area contributed by atoms with Crippen LogP contribution >= 0.6 is 0 Å². The highest BCUT2D eigenvalue weighted by atomic mass is 16.4. The van der Waals surface area contributed by atoms with Crippen LogP contribution in [0.3, 0.4) is 0 Å². The summed E-state index contributed by atoms with van der Waals surface area (Å²) in [7, 11) is 0. The summed E-state index contributed by atoms with van der Waals surface area (Å²) in [5.74, 6) is -1.22. The van der Waals surface area contributed by atoms with E-state index in [2.05, 4.69) is 6.07 Å². The number of benzene rings is 5. The van der Waals surface area contributed by atoms with E-state index >= 15 is 0 Å². The van der Waals surface area contributed by atoms with E-state index in [4.69, 9.17) is 10.2 Å². The zero-order valence-electron chi connectivity index (χ0n) is 20.3. The minimum absolute atomic E-state index is 0.267. The van der Waals surface area contributed by atoms with E-state index in [0.717, 1.165) is 22.3 Å². The van der Waals surface area contributed by atoms with Gasteiger partial charge in [0.1, 0.15) is 11.5 Å². The Morgan fingerprint density at radius 1 is 0.395 bits per heavy atom. The van der Waals surface area contributed by atoms with Gasteiger partial charge in [-0.05, 0) is 76.9 Å². The third kappa shape index (κ3) is 8.39. The van der Waals surface area contributed by atoms with E-state index in [1.54, 1.807) is 84.9 Å². The molecule has 6 nitrogen and oxygen atoms in total. The average Bonchev–Trinajstić information content (AvgIpc) is 2.95. The highest BCUT2D eigenvalue weighted by Gasteiger charge is 2.02. The molecule has 190 valence electrons. The van der Waals surface area contributed by atoms with Gasteiger partial charge in [-0.15, -0.1) is 0 Å². The van der Waals surface area contributed by atoms with Crippen molar-refractivity contribution in [1.29, 1.82) is 0 Å².